The second-order valence-corrected chi connectivity index (χ2v) is 8.18. The molecule has 0 radical (unpaired) electrons. The summed E-state index contributed by atoms with van der Waals surface area (Å²) in [5.41, 5.74) is 5.12. The third-order valence-corrected chi connectivity index (χ3v) is 6.26. The van der Waals surface area contributed by atoms with Crippen LogP contribution in [0.4, 0.5) is 0 Å². The van der Waals surface area contributed by atoms with E-state index in [9.17, 15) is 9.59 Å². The summed E-state index contributed by atoms with van der Waals surface area (Å²) in [4.78, 5) is 30.9. The summed E-state index contributed by atoms with van der Waals surface area (Å²) in [7, 11) is 0. The van der Waals surface area contributed by atoms with Crippen molar-refractivity contribution in [2.24, 2.45) is 0 Å². The van der Waals surface area contributed by atoms with Crippen LogP contribution < -0.4 is 4.74 Å². The number of ether oxygens (including phenoxy) is 2. The van der Waals surface area contributed by atoms with Crippen LogP contribution in [0.2, 0.25) is 0 Å². The van der Waals surface area contributed by atoms with Crippen molar-refractivity contribution in [3.8, 4) is 5.75 Å². The lowest BCUT2D eigenvalue weighted by Gasteiger charge is -2.33. The summed E-state index contributed by atoms with van der Waals surface area (Å²) in [6.45, 7) is 1.87. The fourth-order valence-corrected chi connectivity index (χ4v) is 4.67. The molecule has 148 valence electrons. The lowest BCUT2D eigenvalue weighted by atomic mass is 10.1. The average molecular weight is 408 g/mol. The lowest BCUT2D eigenvalue weighted by Crippen LogP contribution is -2.47. The first-order valence-electron chi connectivity index (χ1n) is 9.71. The number of aromatic nitrogens is 1. The molecule has 0 saturated carbocycles. The van der Waals surface area contributed by atoms with E-state index < -0.39 is 0 Å². The molecule has 6 nitrogen and oxygen atoms in total. The third-order valence-electron chi connectivity index (χ3n) is 5.46. The minimum Gasteiger partial charge on any atom is -0.491 e. The highest BCUT2D eigenvalue weighted by atomic mass is 32.1. The van der Waals surface area contributed by atoms with Gasteiger partial charge in [0.1, 0.15) is 18.5 Å². The minimum atomic E-state index is -0.201. The van der Waals surface area contributed by atoms with Crippen LogP contribution in [0.5, 0.6) is 5.75 Å². The zero-order valence-electron chi connectivity index (χ0n) is 15.8. The standard InChI is InChI=1S/C22H20N2O4S/c25-19-7-5-17-16(19)2-1-3-20(17)28-12-15-11-24(8-9-27-15)22(26)14-4-6-18-21(10-14)29-13-23-18/h1-4,6,10,13,15H,5,7-9,11-12H2. The summed E-state index contributed by atoms with van der Waals surface area (Å²) in [6, 6.07) is 11.2. The number of hydrogen-bond donors (Lipinski definition) is 0. The third kappa shape index (κ3) is 3.52. The molecule has 7 heteroatoms. The van der Waals surface area contributed by atoms with Gasteiger partial charge in [-0.1, -0.05) is 12.1 Å². The molecule has 3 aromatic rings. The van der Waals surface area contributed by atoms with Crippen molar-refractivity contribution in [3.05, 3.63) is 58.6 Å². The molecule has 1 fully saturated rings. The Hall–Kier alpha value is -2.77. The number of amides is 1. The number of Topliss-reactive ketones (excluding diaryl/α,β-unsaturated/α-hetero) is 1. The summed E-state index contributed by atoms with van der Waals surface area (Å²) in [6.07, 6.45) is 1.07. The van der Waals surface area contributed by atoms with Gasteiger partial charge in [0.2, 0.25) is 0 Å². The number of fused-ring (bicyclic) bond motifs is 2. The van der Waals surface area contributed by atoms with Gasteiger partial charge in [-0.05, 0) is 30.7 Å². The second-order valence-electron chi connectivity index (χ2n) is 7.30. The molecule has 1 amide bonds. The van der Waals surface area contributed by atoms with Gasteiger partial charge in [0.25, 0.3) is 5.91 Å². The molecule has 1 unspecified atom stereocenters. The van der Waals surface area contributed by atoms with E-state index >= 15 is 0 Å². The normalized spacial score (nSPS) is 18.8. The van der Waals surface area contributed by atoms with E-state index in [1.165, 1.54) is 11.3 Å². The first-order valence-corrected chi connectivity index (χ1v) is 10.6. The van der Waals surface area contributed by atoms with Gasteiger partial charge in [0.05, 0.1) is 28.9 Å². The molecule has 1 aliphatic heterocycles. The molecule has 0 bridgehead atoms. The molecule has 1 aromatic heterocycles. The smallest absolute Gasteiger partial charge is 0.254 e. The van der Waals surface area contributed by atoms with E-state index in [-0.39, 0.29) is 17.8 Å². The molecule has 0 N–H and O–H groups in total. The van der Waals surface area contributed by atoms with Crippen molar-refractivity contribution in [2.75, 3.05) is 26.3 Å². The molecular weight excluding hydrogens is 388 g/mol. The van der Waals surface area contributed by atoms with Crippen molar-refractivity contribution in [1.29, 1.82) is 0 Å². The number of hydrogen-bond acceptors (Lipinski definition) is 6. The molecule has 2 aliphatic rings. The zero-order valence-corrected chi connectivity index (χ0v) is 16.6. The maximum atomic E-state index is 13.0. The number of carbonyl (C=O) groups excluding carboxylic acids is 2. The van der Waals surface area contributed by atoms with Crippen molar-refractivity contribution in [2.45, 2.75) is 18.9 Å². The van der Waals surface area contributed by atoms with E-state index in [1.54, 1.807) is 5.51 Å². The minimum absolute atomic E-state index is 0.000186. The van der Waals surface area contributed by atoms with Gasteiger partial charge < -0.3 is 14.4 Å². The van der Waals surface area contributed by atoms with E-state index in [0.717, 1.165) is 33.5 Å². The van der Waals surface area contributed by atoms with Crippen molar-refractivity contribution in [3.63, 3.8) is 0 Å². The number of carbonyl (C=O) groups is 2. The number of rotatable bonds is 4. The Balaban J connectivity index is 1.25. The Morgan fingerprint density at radius 2 is 2.21 bits per heavy atom. The average Bonchev–Trinajstić information content (AvgIpc) is 3.38. The Bertz CT molecular complexity index is 1090. The number of ketones is 1. The summed E-state index contributed by atoms with van der Waals surface area (Å²) < 4.78 is 12.8. The first-order chi connectivity index (χ1) is 14.2. The molecule has 29 heavy (non-hydrogen) atoms. The van der Waals surface area contributed by atoms with Crippen LogP contribution in [-0.4, -0.2) is 54.0 Å². The molecule has 1 atom stereocenters. The highest BCUT2D eigenvalue weighted by Crippen LogP contribution is 2.30. The zero-order chi connectivity index (χ0) is 19.8. The van der Waals surface area contributed by atoms with Gasteiger partial charge in [-0.2, -0.15) is 0 Å². The predicted octanol–water partition coefficient (Wildman–Crippen LogP) is 3.35. The van der Waals surface area contributed by atoms with Crippen LogP contribution in [-0.2, 0) is 11.2 Å². The monoisotopic (exact) mass is 408 g/mol. The van der Waals surface area contributed by atoms with Crippen molar-refractivity contribution >= 4 is 33.2 Å². The van der Waals surface area contributed by atoms with Crippen molar-refractivity contribution in [1.82, 2.24) is 9.88 Å². The highest BCUT2D eigenvalue weighted by molar-refractivity contribution is 7.16. The van der Waals surface area contributed by atoms with E-state index in [1.807, 2.05) is 41.3 Å². The van der Waals surface area contributed by atoms with Gasteiger partial charge in [0, 0.05) is 29.7 Å². The SMILES string of the molecule is O=C1CCc2c(OCC3CN(C(=O)c4ccc5ncsc5c4)CCO3)cccc21. The maximum absolute atomic E-state index is 13.0. The largest absolute Gasteiger partial charge is 0.491 e. The molecule has 2 heterocycles. The molecule has 0 spiro atoms. The molecular formula is C22H20N2O4S. The molecule has 2 aromatic carbocycles. The van der Waals surface area contributed by atoms with Gasteiger partial charge in [-0.15, -0.1) is 11.3 Å². The van der Waals surface area contributed by atoms with Crippen LogP contribution >= 0.6 is 11.3 Å². The first kappa shape index (κ1) is 18.3. The number of thiazole rings is 1. The second kappa shape index (κ2) is 7.57. The van der Waals surface area contributed by atoms with Crippen LogP contribution in [0.25, 0.3) is 10.2 Å². The van der Waals surface area contributed by atoms with Gasteiger partial charge >= 0.3 is 0 Å². The fraction of sp³-hybridized carbons (Fsp3) is 0.318. The van der Waals surface area contributed by atoms with Gasteiger partial charge in [-0.25, -0.2) is 4.98 Å². The fourth-order valence-electron chi connectivity index (χ4n) is 3.95. The van der Waals surface area contributed by atoms with E-state index in [0.29, 0.717) is 38.3 Å². The van der Waals surface area contributed by atoms with Crippen LogP contribution in [0, 0.1) is 0 Å². The number of nitrogens with zero attached hydrogens (tertiary/aromatic N) is 2. The van der Waals surface area contributed by atoms with Gasteiger partial charge in [0.15, 0.2) is 5.78 Å². The molecule has 5 rings (SSSR count). The Labute approximate surface area is 172 Å². The van der Waals surface area contributed by atoms with E-state index in [2.05, 4.69) is 4.98 Å². The summed E-state index contributed by atoms with van der Waals surface area (Å²) >= 11 is 1.53. The Morgan fingerprint density at radius 3 is 3.14 bits per heavy atom. The molecule has 1 saturated heterocycles. The quantitative estimate of drug-likeness (QED) is 0.662. The van der Waals surface area contributed by atoms with Crippen LogP contribution in [0.1, 0.15) is 32.7 Å². The van der Waals surface area contributed by atoms with Gasteiger partial charge in [-0.3, -0.25) is 9.59 Å². The predicted molar refractivity (Wildman–Crippen MR) is 110 cm³/mol. The van der Waals surface area contributed by atoms with E-state index in [4.69, 9.17) is 9.47 Å². The van der Waals surface area contributed by atoms with Crippen molar-refractivity contribution < 1.29 is 19.1 Å². The number of benzene rings is 2. The highest BCUT2D eigenvalue weighted by Gasteiger charge is 2.27. The van der Waals surface area contributed by atoms with Crippen LogP contribution in [0.3, 0.4) is 0 Å². The lowest BCUT2D eigenvalue weighted by molar-refractivity contribution is -0.0402. The topological polar surface area (TPSA) is 68.7 Å². The molecule has 1 aliphatic carbocycles. The maximum Gasteiger partial charge on any atom is 0.254 e. The Morgan fingerprint density at radius 1 is 1.28 bits per heavy atom. The van der Waals surface area contributed by atoms with Crippen LogP contribution in [0.15, 0.2) is 41.9 Å². The summed E-state index contributed by atoms with van der Waals surface area (Å²) in [5, 5.41) is 0. The Kier molecular flexibility index (Phi) is 4.77. The number of morpholine rings is 1. The summed E-state index contributed by atoms with van der Waals surface area (Å²) in [5.74, 6) is 0.921.